The van der Waals surface area contributed by atoms with Crippen LogP contribution in [-0.4, -0.2) is 16.1 Å². The van der Waals surface area contributed by atoms with Gasteiger partial charge in [-0.05, 0) is 42.5 Å². The van der Waals surface area contributed by atoms with Crippen molar-refractivity contribution in [1.29, 1.82) is 0 Å². The van der Waals surface area contributed by atoms with Crippen molar-refractivity contribution in [3.8, 4) is 0 Å². The number of aromatic nitrogens is 2. The van der Waals surface area contributed by atoms with Gasteiger partial charge in [-0.3, -0.25) is 4.79 Å². The van der Waals surface area contributed by atoms with Gasteiger partial charge in [0.1, 0.15) is 0 Å². The van der Waals surface area contributed by atoms with E-state index in [-0.39, 0.29) is 11.6 Å². The number of rotatable bonds is 4. The Hall–Kier alpha value is -2.63. The smallest absolute Gasteiger partial charge is 0.276 e. The molecule has 0 saturated carbocycles. The molecule has 7 heteroatoms. The molecule has 0 atom stereocenters. The van der Waals surface area contributed by atoms with E-state index in [1.54, 1.807) is 42.5 Å². The quantitative estimate of drug-likeness (QED) is 0.704. The van der Waals surface area contributed by atoms with Gasteiger partial charge in [0.2, 0.25) is 0 Å². The van der Waals surface area contributed by atoms with Crippen molar-refractivity contribution in [2.45, 2.75) is 0 Å². The first-order chi connectivity index (χ1) is 11.6. The molecule has 0 aliphatic heterocycles. The fourth-order valence-corrected chi connectivity index (χ4v) is 2.54. The van der Waals surface area contributed by atoms with Gasteiger partial charge in [-0.1, -0.05) is 41.4 Å². The third-order valence-electron chi connectivity index (χ3n) is 3.06. The monoisotopic (exact) mass is 358 g/mol. The average molecular weight is 359 g/mol. The second-order valence-electron chi connectivity index (χ2n) is 4.91. The molecular weight excluding hydrogens is 347 g/mol. The van der Waals surface area contributed by atoms with E-state index in [2.05, 4.69) is 20.8 Å². The summed E-state index contributed by atoms with van der Waals surface area (Å²) in [6.45, 7) is 0. The van der Waals surface area contributed by atoms with E-state index in [4.69, 9.17) is 23.2 Å². The van der Waals surface area contributed by atoms with Crippen LogP contribution in [0.1, 0.15) is 10.5 Å². The molecule has 3 aromatic rings. The van der Waals surface area contributed by atoms with Crippen LogP contribution in [-0.2, 0) is 0 Å². The summed E-state index contributed by atoms with van der Waals surface area (Å²) in [5, 5.41) is 14.7. The van der Waals surface area contributed by atoms with Gasteiger partial charge in [-0.15, -0.1) is 10.2 Å². The standard InChI is InChI=1S/C17H12Cl2N4O/c18-11-8-12(19)10-14(9-11)20-16-7-6-15(22-23-16)17(24)21-13-4-2-1-3-5-13/h1-10H,(H,20,23)(H,21,24). The summed E-state index contributed by atoms with van der Waals surface area (Å²) >= 11 is 11.9. The number of carbonyl (C=O) groups is 1. The van der Waals surface area contributed by atoms with Crippen LogP contribution in [0.5, 0.6) is 0 Å². The molecule has 0 aliphatic carbocycles. The zero-order valence-electron chi connectivity index (χ0n) is 12.3. The van der Waals surface area contributed by atoms with E-state index in [1.807, 2.05) is 18.2 Å². The predicted molar refractivity (Wildman–Crippen MR) is 96.2 cm³/mol. The van der Waals surface area contributed by atoms with Gasteiger partial charge < -0.3 is 10.6 Å². The van der Waals surface area contributed by atoms with Gasteiger partial charge in [-0.25, -0.2) is 0 Å². The molecule has 3 rings (SSSR count). The molecule has 120 valence electrons. The maximum atomic E-state index is 12.1. The van der Waals surface area contributed by atoms with Crippen LogP contribution in [0.2, 0.25) is 10.0 Å². The minimum absolute atomic E-state index is 0.216. The maximum absolute atomic E-state index is 12.1. The molecule has 0 saturated heterocycles. The third-order valence-corrected chi connectivity index (χ3v) is 3.50. The molecule has 0 radical (unpaired) electrons. The molecule has 24 heavy (non-hydrogen) atoms. The summed E-state index contributed by atoms with van der Waals surface area (Å²) in [7, 11) is 0. The molecular formula is C17H12Cl2N4O. The van der Waals surface area contributed by atoms with Crippen LogP contribution < -0.4 is 10.6 Å². The van der Waals surface area contributed by atoms with E-state index in [1.165, 1.54) is 0 Å². The summed E-state index contributed by atoms with van der Waals surface area (Å²) in [6.07, 6.45) is 0. The Labute approximate surface area is 148 Å². The number of benzene rings is 2. The third kappa shape index (κ3) is 4.22. The zero-order valence-corrected chi connectivity index (χ0v) is 13.8. The van der Waals surface area contributed by atoms with Crippen LogP contribution in [0.4, 0.5) is 17.2 Å². The first kappa shape index (κ1) is 16.2. The summed E-state index contributed by atoms with van der Waals surface area (Å²) in [5.74, 6) is 0.149. The lowest BCUT2D eigenvalue weighted by molar-refractivity contribution is 0.102. The first-order valence-corrected chi connectivity index (χ1v) is 7.79. The molecule has 0 aliphatic rings. The minimum Gasteiger partial charge on any atom is -0.339 e. The van der Waals surface area contributed by atoms with Crippen molar-refractivity contribution in [1.82, 2.24) is 10.2 Å². The number of anilines is 3. The number of halogens is 2. The first-order valence-electron chi connectivity index (χ1n) is 7.03. The summed E-state index contributed by atoms with van der Waals surface area (Å²) in [5.41, 5.74) is 1.59. The lowest BCUT2D eigenvalue weighted by Crippen LogP contribution is -2.14. The highest BCUT2D eigenvalue weighted by Crippen LogP contribution is 2.24. The lowest BCUT2D eigenvalue weighted by atomic mass is 10.3. The molecule has 0 fully saturated rings. The van der Waals surface area contributed by atoms with Gasteiger partial charge in [0.25, 0.3) is 5.91 Å². The van der Waals surface area contributed by atoms with Gasteiger partial charge >= 0.3 is 0 Å². The largest absolute Gasteiger partial charge is 0.339 e. The van der Waals surface area contributed by atoms with Crippen LogP contribution in [0.15, 0.2) is 60.7 Å². The summed E-state index contributed by atoms with van der Waals surface area (Å²) in [6, 6.07) is 17.4. The Kier molecular flexibility index (Phi) is 4.93. The Morgan fingerprint density at radius 3 is 2.17 bits per heavy atom. The van der Waals surface area contributed by atoms with Crippen molar-refractivity contribution < 1.29 is 4.79 Å². The molecule has 1 heterocycles. The summed E-state index contributed by atoms with van der Waals surface area (Å²) in [4.78, 5) is 12.1. The van der Waals surface area contributed by atoms with Crippen molar-refractivity contribution in [3.63, 3.8) is 0 Å². The minimum atomic E-state index is -0.328. The van der Waals surface area contributed by atoms with E-state index in [9.17, 15) is 4.79 Å². The number of hydrogen-bond donors (Lipinski definition) is 2. The number of carbonyl (C=O) groups excluding carboxylic acids is 1. The van der Waals surface area contributed by atoms with E-state index >= 15 is 0 Å². The Morgan fingerprint density at radius 1 is 0.833 bits per heavy atom. The maximum Gasteiger partial charge on any atom is 0.276 e. The number of nitrogens with one attached hydrogen (secondary N) is 2. The Balaban J connectivity index is 1.70. The van der Waals surface area contributed by atoms with Crippen molar-refractivity contribution >= 4 is 46.3 Å². The second kappa shape index (κ2) is 7.29. The topological polar surface area (TPSA) is 66.9 Å². The number of hydrogen-bond acceptors (Lipinski definition) is 4. The number of amides is 1. The SMILES string of the molecule is O=C(Nc1ccccc1)c1ccc(Nc2cc(Cl)cc(Cl)c2)nn1. The highest BCUT2D eigenvalue weighted by molar-refractivity contribution is 6.35. The van der Waals surface area contributed by atoms with E-state index in [0.29, 0.717) is 27.2 Å². The molecule has 1 aromatic heterocycles. The van der Waals surface area contributed by atoms with Gasteiger partial charge in [0.05, 0.1) is 0 Å². The zero-order chi connectivity index (χ0) is 16.9. The molecule has 2 N–H and O–H groups in total. The fraction of sp³-hybridized carbons (Fsp3) is 0. The Bertz CT molecular complexity index is 834. The van der Waals surface area contributed by atoms with Gasteiger partial charge in [0.15, 0.2) is 11.5 Å². The molecule has 0 bridgehead atoms. The highest BCUT2D eigenvalue weighted by Gasteiger charge is 2.09. The van der Waals surface area contributed by atoms with Crippen LogP contribution >= 0.6 is 23.2 Å². The average Bonchev–Trinajstić information content (AvgIpc) is 2.55. The molecule has 2 aromatic carbocycles. The lowest BCUT2D eigenvalue weighted by Gasteiger charge is -2.07. The van der Waals surface area contributed by atoms with E-state index < -0.39 is 0 Å². The second-order valence-corrected chi connectivity index (χ2v) is 5.78. The van der Waals surface area contributed by atoms with Crippen molar-refractivity contribution in [2.75, 3.05) is 10.6 Å². The summed E-state index contributed by atoms with van der Waals surface area (Å²) < 4.78 is 0. The van der Waals surface area contributed by atoms with Crippen molar-refractivity contribution in [2.24, 2.45) is 0 Å². The van der Waals surface area contributed by atoms with Gasteiger partial charge in [0, 0.05) is 21.4 Å². The normalized spacial score (nSPS) is 10.2. The van der Waals surface area contributed by atoms with Crippen LogP contribution in [0, 0.1) is 0 Å². The molecule has 0 spiro atoms. The van der Waals surface area contributed by atoms with Crippen LogP contribution in [0.3, 0.4) is 0 Å². The molecule has 1 amide bonds. The van der Waals surface area contributed by atoms with Crippen molar-refractivity contribution in [3.05, 3.63) is 76.4 Å². The Morgan fingerprint density at radius 2 is 1.54 bits per heavy atom. The number of nitrogens with zero attached hydrogens (tertiary/aromatic N) is 2. The molecule has 0 unspecified atom stereocenters. The molecule has 5 nitrogen and oxygen atoms in total. The fourth-order valence-electron chi connectivity index (χ4n) is 2.01. The van der Waals surface area contributed by atoms with E-state index in [0.717, 1.165) is 0 Å². The van der Waals surface area contributed by atoms with Crippen LogP contribution in [0.25, 0.3) is 0 Å². The van der Waals surface area contributed by atoms with Gasteiger partial charge in [-0.2, -0.15) is 0 Å². The number of para-hydroxylation sites is 1. The predicted octanol–water partition coefficient (Wildman–Crippen LogP) is 4.78. The highest BCUT2D eigenvalue weighted by atomic mass is 35.5.